The first kappa shape index (κ1) is 28.8. The summed E-state index contributed by atoms with van der Waals surface area (Å²) >= 11 is 0. The van der Waals surface area contributed by atoms with Gasteiger partial charge in [0, 0.05) is 25.1 Å². The van der Waals surface area contributed by atoms with Crippen LogP contribution in [0.4, 0.5) is 10.1 Å². The third kappa shape index (κ3) is 7.64. The standard InChI is InChI=1S/C29H34FN3O4S/c1-5-31-29(35)27(18-23-11-7-6-8-12-23)32(19-24-13-9-10-14-26(24)30)28(34)20-33(38(4,36)37)25-16-21(2)15-22(3)17-25/h6-17,27H,5,18-20H2,1-4H3,(H,31,35)/t27-/m1/s1. The minimum absolute atomic E-state index is 0.176. The number of rotatable bonds is 11. The molecule has 0 fully saturated rings. The lowest BCUT2D eigenvalue weighted by Crippen LogP contribution is -2.53. The molecule has 1 N–H and O–H groups in total. The number of likely N-dealkylation sites (N-methyl/N-ethyl adjacent to an activating group) is 1. The molecule has 0 saturated heterocycles. The van der Waals surface area contributed by atoms with Crippen molar-refractivity contribution >= 4 is 27.5 Å². The van der Waals surface area contributed by atoms with E-state index < -0.39 is 40.2 Å². The monoisotopic (exact) mass is 539 g/mol. The first-order valence-corrected chi connectivity index (χ1v) is 14.2. The van der Waals surface area contributed by atoms with E-state index in [-0.39, 0.29) is 18.5 Å². The molecule has 38 heavy (non-hydrogen) atoms. The molecule has 3 aromatic rings. The van der Waals surface area contributed by atoms with Gasteiger partial charge in [0.2, 0.25) is 21.8 Å². The molecule has 0 heterocycles. The molecule has 0 bridgehead atoms. The fourth-order valence-electron chi connectivity index (χ4n) is 4.36. The highest BCUT2D eigenvalue weighted by atomic mass is 32.2. The van der Waals surface area contributed by atoms with E-state index in [4.69, 9.17) is 0 Å². The zero-order chi connectivity index (χ0) is 27.9. The van der Waals surface area contributed by atoms with Gasteiger partial charge >= 0.3 is 0 Å². The van der Waals surface area contributed by atoms with Crippen molar-refractivity contribution in [2.24, 2.45) is 0 Å². The van der Waals surface area contributed by atoms with E-state index in [9.17, 15) is 22.4 Å². The molecule has 3 rings (SSSR count). The van der Waals surface area contributed by atoms with Crippen molar-refractivity contribution in [3.63, 3.8) is 0 Å². The van der Waals surface area contributed by atoms with Gasteiger partial charge in [0.25, 0.3) is 0 Å². The second-order valence-electron chi connectivity index (χ2n) is 9.33. The Morgan fingerprint density at radius 1 is 0.947 bits per heavy atom. The summed E-state index contributed by atoms with van der Waals surface area (Å²) in [5, 5.41) is 2.77. The van der Waals surface area contributed by atoms with Crippen molar-refractivity contribution in [2.75, 3.05) is 23.7 Å². The average Bonchev–Trinajstić information content (AvgIpc) is 2.85. The number of amides is 2. The van der Waals surface area contributed by atoms with Crippen LogP contribution >= 0.6 is 0 Å². The molecule has 0 aliphatic rings. The summed E-state index contributed by atoms with van der Waals surface area (Å²) in [6.45, 7) is 5.05. The zero-order valence-electron chi connectivity index (χ0n) is 22.1. The smallest absolute Gasteiger partial charge is 0.244 e. The van der Waals surface area contributed by atoms with Crippen LogP contribution in [-0.2, 0) is 32.6 Å². The van der Waals surface area contributed by atoms with Crippen molar-refractivity contribution in [1.82, 2.24) is 10.2 Å². The van der Waals surface area contributed by atoms with E-state index in [1.165, 1.54) is 11.0 Å². The SMILES string of the molecule is CCNC(=O)[C@@H](Cc1ccccc1)N(Cc1ccccc1F)C(=O)CN(c1cc(C)cc(C)c1)S(C)(=O)=O. The Hall–Kier alpha value is -3.72. The predicted octanol–water partition coefficient (Wildman–Crippen LogP) is 3.98. The molecule has 0 saturated carbocycles. The molecule has 202 valence electrons. The Morgan fingerprint density at radius 3 is 2.13 bits per heavy atom. The highest BCUT2D eigenvalue weighted by Crippen LogP contribution is 2.23. The lowest BCUT2D eigenvalue weighted by molar-refractivity contribution is -0.140. The van der Waals surface area contributed by atoms with Crippen LogP contribution in [0.5, 0.6) is 0 Å². The number of sulfonamides is 1. The van der Waals surface area contributed by atoms with Crippen LogP contribution in [0.15, 0.2) is 72.8 Å². The number of aryl methyl sites for hydroxylation is 2. The first-order chi connectivity index (χ1) is 18.0. The predicted molar refractivity (Wildman–Crippen MR) is 148 cm³/mol. The van der Waals surface area contributed by atoms with Gasteiger partial charge in [-0.2, -0.15) is 0 Å². The molecular weight excluding hydrogens is 505 g/mol. The Morgan fingerprint density at radius 2 is 1.55 bits per heavy atom. The van der Waals surface area contributed by atoms with Crippen LogP contribution in [-0.4, -0.2) is 50.5 Å². The molecule has 0 radical (unpaired) electrons. The summed E-state index contributed by atoms with van der Waals surface area (Å²) in [7, 11) is -3.86. The molecule has 7 nitrogen and oxygen atoms in total. The molecule has 0 spiro atoms. The van der Waals surface area contributed by atoms with Gasteiger partial charge in [0.05, 0.1) is 11.9 Å². The fraction of sp³-hybridized carbons (Fsp3) is 0.310. The maximum Gasteiger partial charge on any atom is 0.244 e. The average molecular weight is 540 g/mol. The molecular formula is C29H34FN3O4S. The number of nitrogens with zero attached hydrogens (tertiary/aromatic N) is 2. The second-order valence-corrected chi connectivity index (χ2v) is 11.2. The van der Waals surface area contributed by atoms with Crippen LogP contribution in [0.3, 0.4) is 0 Å². The van der Waals surface area contributed by atoms with Crippen LogP contribution in [0.1, 0.15) is 29.2 Å². The molecule has 0 aliphatic heterocycles. The number of anilines is 1. The van der Waals surface area contributed by atoms with Crippen LogP contribution in [0.2, 0.25) is 0 Å². The minimum atomic E-state index is -3.86. The Balaban J connectivity index is 2.07. The fourth-order valence-corrected chi connectivity index (χ4v) is 5.20. The van der Waals surface area contributed by atoms with Crippen molar-refractivity contribution in [2.45, 2.75) is 39.8 Å². The summed E-state index contributed by atoms with van der Waals surface area (Å²) < 4.78 is 41.4. The summed E-state index contributed by atoms with van der Waals surface area (Å²) in [5.41, 5.74) is 3.06. The van der Waals surface area contributed by atoms with Gasteiger partial charge in [-0.3, -0.25) is 13.9 Å². The lowest BCUT2D eigenvalue weighted by atomic mass is 10.0. The maximum atomic E-state index is 14.7. The van der Waals surface area contributed by atoms with Crippen molar-refractivity contribution in [3.8, 4) is 0 Å². The number of hydrogen-bond acceptors (Lipinski definition) is 4. The van der Waals surface area contributed by atoms with Gasteiger partial charge in [0.15, 0.2) is 0 Å². The first-order valence-electron chi connectivity index (χ1n) is 12.4. The van der Waals surface area contributed by atoms with Gasteiger partial charge in [-0.25, -0.2) is 12.8 Å². The lowest BCUT2D eigenvalue weighted by Gasteiger charge is -2.33. The summed E-state index contributed by atoms with van der Waals surface area (Å²) in [5.74, 6) is -1.54. The largest absolute Gasteiger partial charge is 0.355 e. The van der Waals surface area contributed by atoms with Gasteiger partial charge < -0.3 is 10.2 Å². The third-order valence-corrected chi connectivity index (χ3v) is 7.23. The molecule has 0 unspecified atom stereocenters. The zero-order valence-corrected chi connectivity index (χ0v) is 23.0. The van der Waals surface area contributed by atoms with E-state index in [0.717, 1.165) is 27.3 Å². The normalized spacial score (nSPS) is 12.0. The van der Waals surface area contributed by atoms with Gasteiger partial charge in [-0.15, -0.1) is 0 Å². The van der Waals surface area contributed by atoms with Gasteiger partial charge in [-0.05, 0) is 55.7 Å². The highest BCUT2D eigenvalue weighted by molar-refractivity contribution is 7.92. The summed E-state index contributed by atoms with van der Waals surface area (Å²) in [6.07, 6.45) is 1.21. The maximum absolute atomic E-state index is 14.7. The third-order valence-electron chi connectivity index (χ3n) is 6.09. The van der Waals surface area contributed by atoms with Crippen LogP contribution in [0.25, 0.3) is 0 Å². The van der Waals surface area contributed by atoms with E-state index in [1.54, 1.807) is 37.3 Å². The van der Waals surface area contributed by atoms with E-state index in [2.05, 4.69) is 5.32 Å². The Bertz CT molecular complexity index is 1360. The molecule has 1 atom stereocenters. The molecule has 0 aromatic heterocycles. The molecule has 0 aliphatic carbocycles. The van der Waals surface area contributed by atoms with Crippen LogP contribution in [0, 0.1) is 19.7 Å². The number of nitrogens with one attached hydrogen (secondary N) is 1. The second kappa shape index (κ2) is 12.7. The summed E-state index contributed by atoms with van der Waals surface area (Å²) in [6, 6.07) is 19.5. The van der Waals surface area contributed by atoms with Crippen molar-refractivity contribution < 1.29 is 22.4 Å². The number of carbonyl (C=O) groups excluding carboxylic acids is 2. The Labute approximate surface area is 224 Å². The quantitative estimate of drug-likeness (QED) is 0.399. The van der Waals surface area contributed by atoms with Gasteiger partial charge in [0.1, 0.15) is 18.4 Å². The molecule has 3 aromatic carbocycles. The highest BCUT2D eigenvalue weighted by Gasteiger charge is 2.33. The molecule has 2 amide bonds. The van der Waals surface area contributed by atoms with Crippen LogP contribution < -0.4 is 9.62 Å². The number of benzene rings is 3. The van der Waals surface area contributed by atoms with Crippen molar-refractivity contribution in [3.05, 3.63) is 101 Å². The van der Waals surface area contributed by atoms with E-state index >= 15 is 0 Å². The van der Waals surface area contributed by atoms with Gasteiger partial charge in [-0.1, -0.05) is 54.6 Å². The minimum Gasteiger partial charge on any atom is -0.355 e. The molecule has 9 heteroatoms. The van der Waals surface area contributed by atoms with E-state index in [0.29, 0.717) is 12.2 Å². The number of carbonyl (C=O) groups is 2. The van der Waals surface area contributed by atoms with E-state index in [1.807, 2.05) is 50.2 Å². The topological polar surface area (TPSA) is 86.8 Å². The number of hydrogen-bond donors (Lipinski definition) is 1. The summed E-state index contributed by atoms with van der Waals surface area (Å²) in [4.78, 5) is 28.5. The van der Waals surface area contributed by atoms with Crippen molar-refractivity contribution in [1.29, 1.82) is 0 Å². The Kier molecular flexibility index (Phi) is 9.63. The number of halogens is 1.